The van der Waals surface area contributed by atoms with Crippen LogP contribution in [-0.2, 0) is 4.74 Å². The maximum Gasteiger partial charge on any atom is 0.0587 e. The van der Waals surface area contributed by atoms with Crippen molar-refractivity contribution in [2.75, 3.05) is 26.8 Å². The minimum atomic E-state index is 0.475. The van der Waals surface area contributed by atoms with Crippen LogP contribution in [-0.4, -0.2) is 26.8 Å². The summed E-state index contributed by atoms with van der Waals surface area (Å²) >= 11 is 0. The van der Waals surface area contributed by atoms with E-state index in [1.807, 2.05) is 0 Å². The third kappa shape index (κ3) is 7.80. The molecule has 1 unspecified atom stereocenters. The summed E-state index contributed by atoms with van der Waals surface area (Å²) in [5.74, 6) is 0. The average molecular weight is 215 g/mol. The van der Waals surface area contributed by atoms with Gasteiger partial charge < -0.3 is 10.1 Å². The van der Waals surface area contributed by atoms with Crippen LogP contribution in [0.15, 0.2) is 0 Å². The maximum absolute atomic E-state index is 5.03. The number of hydrogen-bond donors (Lipinski definition) is 1. The van der Waals surface area contributed by atoms with Crippen molar-refractivity contribution in [1.29, 1.82) is 0 Å². The lowest BCUT2D eigenvalue weighted by atomic mass is 9.82. The summed E-state index contributed by atoms with van der Waals surface area (Å²) in [6, 6.07) is 0. The highest BCUT2D eigenvalue weighted by molar-refractivity contribution is 4.75. The van der Waals surface area contributed by atoms with Crippen molar-refractivity contribution in [3.63, 3.8) is 0 Å². The second kappa shape index (κ2) is 9.17. The Balaban J connectivity index is 3.65. The first kappa shape index (κ1) is 14.9. The van der Waals surface area contributed by atoms with E-state index in [4.69, 9.17) is 4.74 Å². The van der Waals surface area contributed by atoms with Crippen LogP contribution >= 0.6 is 0 Å². The second-order valence-electron chi connectivity index (χ2n) is 4.79. The lowest BCUT2D eigenvalue weighted by Crippen LogP contribution is -2.33. The minimum absolute atomic E-state index is 0.475. The molecule has 0 aliphatic rings. The van der Waals surface area contributed by atoms with Gasteiger partial charge in [0.1, 0.15) is 0 Å². The van der Waals surface area contributed by atoms with Crippen molar-refractivity contribution in [3.8, 4) is 0 Å². The van der Waals surface area contributed by atoms with Crippen molar-refractivity contribution in [1.82, 2.24) is 5.32 Å². The van der Waals surface area contributed by atoms with E-state index < -0.39 is 0 Å². The molecule has 0 rings (SSSR count). The molecule has 1 N–H and O–H groups in total. The largest absolute Gasteiger partial charge is 0.383 e. The quantitative estimate of drug-likeness (QED) is 0.565. The lowest BCUT2D eigenvalue weighted by molar-refractivity contribution is 0.188. The SMILES string of the molecule is CCCCCC(C)(CC)CNCCOC. The zero-order valence-corrected chi connectivity index (χ0v) is 11.1. The molecule has 0 saturated carbocycles. The molecule has 2 heteroatoms. The fourth-order valence-corrected chi connectivity index (χ4v) is 1.76. The van der Waals surface area contributed by atoms with Crippen LogP contribution in [0, 0.1) is 5.41 Å². The number of rotatable bonds is 10. The van der Waals surface area contributed by atoms with Crippen LogP contribution in [0.4, 0.5) is 0 Å². The highest BCUT2D eigenvalue weighted by Crippen LogP contribution is 2.27. The van der Waals surface area contributed by atoms with E-state index in [0.29, 0.717) is 5.41 Å². The summed E-state index contributed by atoms with van der Waals surface area (Å²) in [5.41, 5.74) is 0.475. The van der Waals surface area contributed by atoms with Gasteiger partial charge >= 0.3 is 0 Å². The summed E-state index contributed by atoms with van der Waals surface area (Å²) in [6.07, 6.45) is 6.66. The highest BCUT2D eigenvalue weighted by atomic mass is 16.5. The third-order valence-electron chi connectivity index (χ3n) is 3.27. The fourth-order valence-electron chi connectivity index (χ4n) is 1.76. The molecule has 0 spiro atoms. The topological polar surface area (TPSA) is 21.3 Å². The zero-order chi connectivity index (χ0) is 11.6. The molecule has 0 aliphatic carbocycles. The molecule has 0 amide bonds. The van der Waals surface area contributed by atoms with Crippen LogP contribution in [0.5, 0.6) is 0 Å². The Labute approximate surface area is 95.8 Å². The van der Waals surface area contributed by atoms with Gasteiger partial charge in [0.15, 0.2) is 0 Å². The number of nitrogens with one attached hydrogen (secondary N) is 1. The van der Waals surface area contributed by atoms with E-state index in [0.717, 1.165) is 19.7 Å². The molecule has 0 aliphatic heterocycles. The normalized spacial score (nSPS) is 15.2. The molecule has 0 aromatic rings. The van der Waals surface area contributed by atoms with Crippen molar-refractivity contribution < 1.29 is 4.74 Å². The first-order valence-electron chi connectivity index (χ1n) is 6.38. The van der Waals surface area contributed by atoms with Gasteiger partial charge in [-0.15, -0.1) is 0 Å². The van der Waals surface area contributed by atoms with Crippen molar-refractivity contribution in [3.05, 3.63) is 0 Å². The number of hydrogen-bond acceptors (Lipinski definition) is 2. The van der Waals surface area contributed by atoms with Gasteiger partial charge in [-0.2, -0.15) is 0 Å². The average Bonchev–Trinajstić information content (AvgIpc) is 2.25. The summed E-state index contributed by atoms with van der Waals surface area (Å²) in [5, 5.41) is 3.48. The molecule has 0 aromatic heterocycles. The van der Waals surface area contributed by atoms with E-state index in [2.05, 4.69) is 26.1 Å². The van der Waals surface area contributed by atoms with E-state index >= 15 is 0 Å². The standard InChI is InChI=1S/C13H29NO/c1-5-7-8-9-13(3,6-2)12-14-10-11-15-4/h14H,5-12H2,1-4H3. The zero-order valence-electron chi connectivity index (χ0n) is 11.1. The highest BCUT2D eigenvalue weighted by Gasteiger charge is 2.20. The second-order valence-corrected chi connectivity index (χ2v) is 4.79. The van der Waals surface area contributed by atoms with Crippen LogP contribution in [0.2, 0.25) is 0 Å². The van der Waals surface area contributed by atoms with Gasteiger partial charge in [0.2, 0.25) is 0 Å². The van der Waals surface area contributed by atoms with Crippen molar-refractivity contribution in [2.45, 2.75) is 52.9 Å². The van der Waals surface area contributed by atoms with E-state index in [9.17, 15) is 0 Å². The Morgan fingerprint density at radius 2 is 1.93 bits per heavy atom. The van der Waals surface area contributed by atoms with Gasteiger partial charge in [-0.3, -0.25) is 0 Å². The fraction of sp³-hybridized carbons (Fsp3) is 1.00. The van der Waals surface area contributed by atoms with E-state index in [-0.39, 0.29) is 0 Å². The monoisotopic (exact) mass is 215 g/mol. The Morgan fingerprint density at radius 3 is 2.47 bits per heavy atom. The Bertz CT molecular complexity index is 138. The molecule has 92 valence electrons. The molecule has 0 aromatic carbocycles. The lowest BCUT2D eigenvalue weighted by Gasteiger charge is -2.28. The number of methoxy groups -OCH3 is 1. The minimum Gasteiger partial charge on any atom is -0.383 e. The van der Waals surface area contributed by atoms with Crippen LogP contribution in [0.3, 0.4) is 0 Å². The summed E-state index contributed by atoms with van der Waals surface area (Å²) < 4.78 is 5.03. The predicted octanol–water partition coefficient (Wildman–Crippen LogP) is 3.22. The van der Waals surface area contributed by atoms with Gasteiger partial charge in [-0.05, 0) is 18.3 Å². The van der Waals surface area contributed by atoms with Crippen molar-refractivity contribution in [2.24, 2.45) is 5.41 Å². The Morgan fingerprint density at radius 1 is 1.20 bits per heavy atom. The molecule has 15 heavy (non-hydrogen) atoms. The van der Waals surface area contributed by atoms with Gasteiger partial charge in [0, 0.05) is 20.2 Å². The molecule has 2 nitrogen and oxygen atoms in total. The molecule has 0 fully saturated rings. The summed E-state index contributed by atoms with van der Waals surface area (Å²) in [7, 11) is 1.75. The van der Waals surface area contributed by atoms with Crippen LogP contribution < -0.4 is 5.32 Å². The molecule has 1 atom stereocenters. The van der Waals surface area contributed by atoms with E-state index in [1.54, 1.807) is 7.11 Å². The molecule has 0 bridgehead atoms. The maximum atomic E-state index is 5.03. The number of unbranched alkanes of at least 4 members (excludes halogenated alkanes) is 2. The first-order chi connectivity index (χ1) is 7.18. The molecule has 0 heterocycles. The smallest absolute Gasteiger partial charge is 0.0587 e. The molecular weight excluding hydrogens is 186 g/mol. The predicted molar refractivity (Wildman–Crippen MR) is 67.3 cm³/mol. The van der Waals surface area contributed by atoms with Gasteiger partial charge in [0.05, 0.1) is 6.61 Å². The van der Waals surface area contributed by atoms with Gasteiger partial charge in [-0.25, -0.2) is 0 Å². The Kier molecular flexibility index (Phi) is 9.12. The summed E-state index contributed by atoms with van der Waals surface area (Å²) in [6.45, 7) is 9.86. The number of ether oxygens (including phenoxy) is 1. The van der Waals surface area contributed by atoms with Crippen LogP contribution in [0.1, 0.15) is 52.9 Å². The van der Waals surface area contributed by atoms with Gasteiger partial charge in [0.25, 0.3) is 0 Å². The molecule has 0 saturated heterocycles. The Hall–Kier alpha value is -0.0800. The first-order valence-corrected chi connectivity index (χ1v) is 6.38. The van der Waals surface area contributed by atoms with Crippen molar-refractivity contribution >= 4 is 0 Å². The van der Waals surface area contributed by atoms with E-state index in [1.165, 1.54) is 32.1 Å². The van der Waals surface area contributed by atoms with Gasteiger partial charge in [-0.1, -0.05) is 40.0 Å². The molecular formula is C13H29NO. The molecule has 0 radical (unpaired) electrons. The van der Waals surface area contributed by atoms with Crippen LogP contribution in [0.25, 0.3) is 0 Å². The summed E-state index contributed by atoms with van der Waals surface area (Å²) in [4.78, 5) is 0. The third-order valence-corrected chi connectivity index (χ3v) is 3.27.